The summed E-state index contributed by atoms with van der Waals surface area (Å²) in [6.07, 6.45) is 3.48. The van der Waals surface area contributed by atoms with Gasteiger partial charge in [-0.2, -0.15) is 5.10 Å². The predicted octanol–water partition coefficient (Wildman–Crippen LogP) is 5.18. The summed E-state index contributed by atoms with van der Waals surface area (Å²) in [7, 11) is 0. The molecule has 0 saturated carbocycles. The predicted molar refractivity (Wildman–Crippen MR) is 116 cm³/mol. The molecule has 1 atom stereocenters. The van der Waals surface area contributed by atoms with Crippen LogP contribution in [0, 0.1) is 6.92 Å². The Morgan fingerprint density at radius 2 is 1.83 bits per heavy atom. The van der Waals surface area contributed by atoms with Crippen LogP contribution in [0.3, 0.4) is 0 Å². The van der Waals surface area contributed by atoms with Crippen molar-refractivity contribution in [1.29, 1.82) is 0 Å². The van der Waals surface area contributed by atoms with Crippen LogP contribution in [0.15, 0.2) is 73.1 Å². The van der Waals surface area contributed by atoms with Crippen molar-refractivity contribution in [2.24, 2.45) is 0 Å². The van der Waals surface area contributed by atoms with E-state index in [0.717, 1.165) is 27.9 Å². The zero-order valence-electron chi connectivity index (χ0n) is 16.3. The average molecular weight is 415 g/mol. The molecule has 0 saturated heterocycles. The molecule has 30 heavy (non-hydrogen) atoms. The van der Waals surface area contributed by atoms with Crippen LogP contribution in [0.1, 0.15) is 38.8 Å². The largest absolute Gasteiger partial charge is 0.322 e. The van der Waals surface area contributed by atoms with Gasteiger partial charge in [-0.1, -0.05) is 53.6 Å². The van der Waals surface area contributed by atoms with Gasteiger partial charge in [0.25, 0.3) is 5.91 Å². The molecule has 2 aromatic carbocycles. The first kappa shape index (κ1) is 18.6. The summed E-state index contributed by atoms with van der Waals surface area (Å²) in [6, 6.07) is 19.4. The third-order valence-corrected chi connectivity index (χ3v) is 5.69. The molecule has 3 heterocycles. The SMILES string of the molecule is Cc1ccc(-c2n[nH]c3c2C(c2cccc(Cl)c2)N(Cc2ccncc2)C3=O)cc1. The van der Waals surface area contributed by atoms with Gasteiger partial charge in [-0.25, -0.2) is 0 Å². The summed E-state index contributed by atoms with van der Waals surface area (Å²) in [6.45, 7) is 2.52. The molecule has 0 bridgehead atoms. The highest BCUT2D eigenvalue weighted by Crippen LogP contribution is 2.43. The van der Waals surface area contributed by atoms with E-state index in [1.807, 2.05) is 60.4 Å². The van der Waals surface area contributed by atoms with Crippen LogP contribution in [0.4, 0.5) is 0 Å². The third-order valence-electron chi connectivity index (χ3n) is 5.46. The van der Waals surface area contributed by atoms with Gasteiger partial charge in [0, 0.05) is 35.1 Å². The smallest absolute Gasteiger partial charge is 0.273 e. The second-order valence-corrected chi connectivity index (χ2v) is 7.91. The van der Waals surface area contributed by atoms with E-state index in [-0.39, 0.29) is 11.9 Å². The van der Waals surface area contributed by atoms with E-state index in [0.29, 0.717) is 17.3 Å². The quantitative estimate of drug-likeness (QED) is 0.500. The van der Waals surface area contributed by atoms with Gasteiger partial charge in [-0.15, -0.1) is 0 Å². The zero-order valence-corrected chi connectivity index (χ0v) is 17.1. The van der Waals surface area contributed by atoms with Crippen LogP contribution >= 0.6 is 11.6 Å². The number of rotatable bonds is 4. The Hall–Kier alpha value is -3.44. The number of aromatic amines is 1. The van der Waals surface area contributed by atoms with Crippen LogP contribution in [-0.2, 0) is 6.54 Å². The number of pyridine rings is 1. The number of H-pyrrole nitrogens is 1. The molecule has 1 aliphatic heterocycles. The fraction of sp³-hybridized carbons (Fsp3) is 0.125. The number of carbonyl (C=O) groups is 1. The normalized spacial score (nSPS) is 15.5. The van der Waals surface area contributed by atoms with E-state index in [9.17, 15) is 4.79 Å². The number of carbonyl (C=O) groups excluding carboxylic acids is 1. The molecule has 0 spiro atoms. The van der Waals surface area contributed by atoms with Crippen molar-refractivity contribution in [1.82, 2.24) is 20.1 Å². The van der Waals surface area contributed by atoms with Gasteiger partial charge in [-0.3, -0.25) is 14.9 Å². The monoisotopic (exact) mass is 414 g/mol. The lowest BCUT2D eigenvalue weighted by Crippen LogP contribution is -2.29. The van der Waals surface area contributed by atoms with Gasteiger partial charge in [0.15, 0.2) is 0 Å². The fourth-order valence-corrected chi connectivity index (χ4v) is 4.20. The first-order chi connectivity index (χ1) is 14.6. The summed E-state index contributed by atoms with van der Waals surface area (Å²) in [5, 5.41) is 8.14. The molecule has 6 heteroatoms. The molecule has 1 unspecified atom stereocenters. The molecule has 0 fully saturated rings. The van der Waals surface area contributed by atoms with Crippen molar-refractivity contribution < 1.29 is 4.79 Å². The highest BCUT2D eigenvalue weighted by atomic mass is 35.5. The van der Waals surface area contributed by atoms with Crippen molar-refractivity contribution in [3.05, 3.63) is 106 Å². The Bertz CT molecular complexity index is 1220. The minimum Gasteiger partial charge on any atom is -0.322 e. The molecular formula is C24H19ClN4O. The molecule has 148 valence electrons. The van der Waals surface area contributed by atoms with Gasteiger partial charge in [0.1, 0.15) is 5.69 Å². The topological polar surface area (TPSA) is 61.9 Å². The molecule has 5 rings (SSSR count). The summed E-state index contributed by atoms with van der Waals surface area (Å²) in [5.41, 5.74) is 6.33. The number of amides is 1. The summed E-state index contributed by atoms with van der Waals surface area (Å²) >= 11 is 6.31. The fourth-order valence-electron chi connectivity index (χ4n) is 4.00. The van der Waals surface area contributed by atoms with E-state index in [1.165, 1.54) is 5.56 Å². The molecule has 0 aliphatic carbocycles. The molecule has 1 N–H and O–H groups in total. The number of halogens is 1. The Labute approximate surface area is 179 Å². The first-order valence-corrected chi connectivity index (χ1v) is 10.1. The summed E-state index contributed by atoms with van der Waals surface area (Å²) in [5.74, 6) is -0.0716. The van der Waals surface area contributed by atoms with Crippen LogP contribution in [0.25, 0.3) is 11.3 Å². The Balaban J connectivity index is 1.66. The molecule has 5 nitrogen and oxygen atoms in total. The first-order valence-electron chi connectivity index (χ1n) is 9.72. The highest BCUT2D eigenvalue weighted by Gasteiger charge is 2.42. The average Bonchev–Trinajstić information content (AvgIpc) is 3.29. The maximum atomic E-state index is 13.4. The number of aryl methyl sites for hydroxylation is 1. The number of hydrogen-bond acceptors (Lipinski definition) is 3. The van der Waals surface area contributed by atoms with Crippen molar-refractivity contribution in [2.45, 2.75) is 19.5 Å². The Morgan fingerprint density at radius 1 is 1.07 bits per heavy atom. The van der Waals surface area contributed by atoms with Gasteiger partial charge >= 0.3 is 0 Å². The lowest BCUT2D eigenvalue weighted by molar-refractivity contribution is 0.0730. The molecule has 4 aromatic rings. The molecule has 1 amide bonds. The van der Waals surface area contributed by atoms with E-state index in [1.54, 1.807) is 12.4 Å². The maximum Gasteiger partial charge on any atom is 0.273 e. The van der Waals surface area contributed by atoms with Gasteiger partial charge in [-0.05, 0) is 42.3 Å². The molecular weight excluding hydrogens is 396 g/mol. The maximum absolute atomic E-state index is 13.4. The summed E-state index contributed by atoms with van der Waals surface area (Å²) in [4.78, 5) is 19.3. The number of aromatic nitrogens is 3. The highest BCUT2D eigenvalue weighted by molar-refractivity contribution is 6.30. The van der Waals surface area contributed by atoms with Crippen molar-refractivity contribution >= 4 is 17.5 Å². The number of nitrogens with one attached hydrogen (secondary N) is 1. The van der Waals surface area contributed by atoms with E-state index in [2.05, 4.69) is 27.3 Å². The lowest BCUT2D eigenvalue weighted by atomic mass is 9.95. The Morgan fingerprint density at radius 3 is 2.57 bits per heavy atom. The number of hydrogen-bond donors (Lipinski definition) is 1. The standard InChI is InChI=1S/C24H19ClN4O/c1-15-5-7-17(8-6-15)21-20-22(28-27-21)24(30)29(14-16-9-11-26-12-10-16)23(20)18-3-2-4-19(25)13-18/h2-13,23H,14H2,1H3,(H,27,28). The van der Waals surface area contributed by atoms with Gasteiger partial charge in [0.05, 0.1) is 11.7 Å². The second kappa shape index (κ2) is 7.43. The van der Waals surface area contributed by atoms with Crippen molar-refractivity contribution in [2.75, 3.05) is 0 Å². The van der Waals surface area contributed by atoms with Crippen LogP contribution < -0.4 is 0 Å². The minimum absolute atomic E-state index is 0.0716. The van der Waals surface area contributed by atoms with Crippen LogP contribution in [0.5, 0.6) is 0 Å². The number of fused-ring (bicyclic) bond motifs is 1. The van der Waals surface area contributed by atoms with Crippen molar-refractivity contribution in [3.63, 3.8) is 0 Å². The van der Waals surface area contributed by atoms with Gasteiger partial charge < -0.3 is 4.90 Å². The zero-order chi connectivity index (χ0) is 20.7. The molecule has 0 radical (unpaired) electrons. The van der Waals surface area contributed by atoms with Crippen molar-refractivity contribution in [3.8, 4) is 11.3 Å². The van der Waals surface area contributed by atoms with E-state index < -0.39 is 0 Å². The van der Waals surface area contributed by atoms with E-state index >= 15 is 0 Å². The lowest BCUT2D eigenvalue weighted by Gasteiger charge is -2.26. The van der Waals surface area contributed by atoms with Crippen LogP contribution in [-0.4, -0.2) is 26.0 Å². The second-order valence-electron chi connectivity index (χ2n) is 7.47. The van der Waals surface area contributed by atoms with Crippen LogP contribution in [0.2, 0.25) is 5.02 Å². The van der Waals surface area contributed by atoms with Gasteiger partial charge in [0.2, 0.25) is 0 Å². The number of benzene rings is 2. The third kappa shape index (κ3) is 3.17. The summed E-state index contributed by atoms with van der Waals surface area (Å²) < 4.78 is 0. The Kier molecular flexibility index (Phi) is 4.60. The molecule has 2 aromatic heterocycles. The minimum atomic E-state index is -0.283. The van der Waals surface area contributed by atoms with E-state index in [4.69, 9.17) is 11.6 Å². The number of nitrogens with zero attached hydrogens (tertiary/aromatic N) is 3. The molecule has 1 aliphatic rings.